The maximum Gasteiger partial charge on any atom is 0.335 e. The molecule has 17 heavy (non-hydrogen) atoms. The van der Waals surface area contributed by atoms with E-state index in [9.17, 15) is 20.1 Å². The first-order valence-electron chi connectivity index (χ1n) is 4.84. The molecule has 5 unspecified atom stereocenters. The van der Waals surface area contributed by atoms with Crippen molar-refractivity contribution in [3.8, 4) is 0 Å². The number of carboxylic acids is 1. The number of aromatic nitrogens is 3. The molecule has 0 saturated carbocycles. The zero-order chi connectivity index (χ0) is 12.6. The molecule has 0 aliphatic carbocycles. The molecule has 0 spiro atoms. The van der Waals surface area contributed by atoms with Crippen LogP contribution in [0.25, 0.3) is 0 Å². The number of hydrogen-bond donors (Lipinski definition) is 5. The molecular formula is C8H12N3O6+. The van der Waals surface area contributed by atoms with Crippen molar-refractivity contribution in [1.82, 2.24) is 10.2 Å². The van der Waals surface area contributed by atoms with Crippen molar-refractivity contribution in [3.63, 3.8) is 0 Å². The van der Waals surface area contributed by atoms with E-state index in [1.54, 1.807) is 0 Å². The number of aliphatic hydroxyl groups excluding tert-OH is 3. The predicted octanol–water partition coefficient (Wildman–Crippen LogP) is -3.24. The smallest absolute Gasteiger partial charge is 0.335 e. The monoisotopic (exact) mass is 246 g/mol. The van der Waals surface area contributed by atoms with E-state index in [4.69, 9.17) is 9.84 Å². The zero-order valence-corrected chi connectivity index (χ0v) is 8.54. The van der Waals surface area contributed by atoms with Crippen molar-refractivity contribution < 1.29 is 34.5 Å². The van der Waals surface area contributed by atoms with Gasteiger partial charge in [-0.1, -0.05) is 0 Å². The van der Waals surface area contributed by atoms with Crippen LogP contribution in [0.4, 0.5) is 0 Å². The Bertz CT molecular complexity index is 396. The summed E-state index contributed by atoms with van der Waals surface area (Å²) in [5, 5.41) is 43.5. The molecule has 94 valence electrons. The van der Waals surface area contributed by atoms with Crippen molar-refractivity contribution in [2.24, 2.45) is 0 Å². The van der Waals surface area contributed by atoms with Crippen LogP contribution < -0.4 is 4.57 Å². The standard InChI is InChI=1S/C8H11N3O6/c12-3-4(13)6(8(15)16)17-7(5(3)14)11-1-9-10-2-11/h1-7,12-14H,(H,15,16)/p+1. The highest BCUT2D eigenvalue weighted by Gasteiger charge is 2.48. The Labute approximate surface area is 94.9 Å². The van der Waals surface area contributed by atoms with Crippen LogP contribution in [-0.4, -0.2) is 61.0 Å². The fourth-order valence-electron chi connectivity index (χ4n) is 1.68. The molecule has 1 saturated heterocycles. The highest BCUT2D eigenvalue weighted by atomic mass is 16.6. The van der Waals surface area contributed by atoms with Crippen LogP contribution >= 0.6 is 0 Å². The van der Waals surface area contributed by atoms with Crippen LogP contribution in [0.15, 0.2) is 12.7 Å². The summed E-state index contributed by atoms with van der Waals surface area (Å²) in [6.45, 7) is 0. The first-order valence-corrected chi connectivity index (χ1v) is 4.84. The summed E-state index contributed by atoms with van der Waals surface area (Å²) in [4.78, 5) is 10.8. The number of aliphatic hydroxyl groups is 3. The second kappa shape index (κ2) is 4.37. The molecule has 0 aromatic carbocycles. The van der Waals surface area contributed by atoms with Crippen LogP contribution in [0.1, 0.15) is 6.23 Å². The van der Waals surface area contributed by atoms with E-state index in [1.807, 2.05) is 0 Å². The lowest BCUT2D eigenvalue weighted by Crippen LogP contribution is -2.63. The normalized spacial score (nSPS) is 37.9. The third-order valence-electron chi connectivity index (χ3n) is 2.60. The topological polar surface area (TPSA) is 140 Å². The molecule has 2 heterocycles. The molecule has 1 aliphatic rings. The van der Waals surface area contributed by atoms with E-state index >= 15 is 0 Å². The first-order chi connectivity index (χ1) is 8.02. The number of aromatic amines is 1. The summed E-state index contributed by atoms with van der Waals surface area (Å²) in [5.74, 6) is -1.42. The summed E-state index contributed by atoms with van der Waals surface area (Å²) in [5.41, 5.74) is 0. The Morgan fingerprint density at radius 1 is 1.29 bits per heavy atom. The van der Waals surface area contributed by atoms with Crippen molar-refractivity contribution in [1.29, 1.82) is 0 Å². The summed E-state index contributed by atoms with van der Waals surface area (Å²) >= 11 is 0. The van der Waals surface area contributed by atoms with Gasteiger partial charge in [-0.05, 0) is 0 Å². The van der Waals surface area contributed by atoms with Gasteiger partial charge in [-0.2, -0.15) is 0 Å². The van der Waals surface area contributed by atoms with Crippen LogP contribution in [0.2, 0.25) is 0 Å². The maximum atomic E-state index is 10.8. The lowest BCUT2D eigenvalue weighted by atomic mass is 9.98. The lowest BCUT2D eigenvalue weighted by Gasteiger charge is -2.37. The van der Waals surface area contributed by atoms with E-state index in [-0.39, 0.29) is 0 Å². The number of hydrogen-bond acceptors (Lipinski definition) is 6. The van der Waals surface area contributed by atoms with Crippen LogP contribution in [-0.2, 0) is 9.53 Å². The van der Waals surface area contributed by atoms with E-state index in [1.165, 1.54) is 17.2 Å². The van der Waals surface area contributed by atoms with Crippen molar-refractivity contribution >= 4 is 5.97 Å². The largest absolute Gasteiger partial charge is 0.479 e. The van der Waals surface area contributed by atoms with Gasteiger partial charge in [0, 0.05) is 5.10 Å². The summed E-state index contributed by atoms with van der Waals surface area (Å²) in [6.07, 6.45) is -4.91. The highest BCUT2D eigenvalue weighted by Crippen LogP contribution is 2.24. The Hall–Kier alpha value is -1.55. The van der Waals surface area contributed by atoms with Gasteiger partial charge in [-0.3, -0.25) is 0 Å². The van der Waals surface area contributed by atoms with Gasteiger partial charge in [0.25, 0.3) is 6.33 Å². The second-order valence-electron chi connectivity index (χ2n) is 3.71. The third kappa shape index (κ3) is 2.00. The highest BCUT2D eigenvalue weighted by molar-refractivity contribution is 5.73. The molecule has 1 aliphatic heterocycles. The van der Waals surface area contributed by atoms with Crippen molar-refractivity contribution in [2.45, 2.75) is 30.6 Å². The van der Waals surface area contributed by atoms with E-state index in [2.05, 4.69) is 10.2 Å². The number of H-pyrrole nitrogens is 1. The number of ether oxygens (including phenoxy) is 1. The number of carbonyl (C=O) groups is 1. The summed E-state index contributed by atoms with van der Waals surface area (Å²) in [7, 11) is 0. The molecule has 1 fully saturated rings. The molecule has 9 nitrogen and oxygen atoms in total. The van der Waals surface area contributed by atoms with Gasteiger partial charge in [0.15, 0.2) is 6.10 Å². The number of nitrogens with zero attached hydrogens (tertiary/aromatic N) is 2. The van der Waals surface area contributed by atoms with Gasteiger partial charge in [0.1, 0.15) is 18.3 Å². The van der Waals surface area contributed by atoms with Crippen LogP contribution in [0.3, 0.4) is 0 Å². The molecule has 2 rings (SSSR count). The SMILES string of the molecule is O=C(O)C1OC([n+]2cn[nH]c2)C(O)C(O)C1O. The van der Waals surface area contributed by atoms with Crippen LogP contribution in [0, 0.1) is 0 Å². The van der Waals surface area contributed by atoms with E-state index in [0.717, 1.165) is 0 Å². The van der Waals surface area contributed by atoms with E-state index < -0.39 is 36.6 Å². The molecule has 5 N–H and O–H groups in total. The molecule has 5 atom stereocenters. The molecule has 9 heteroatoms. The number of rotatable bonds is 2. The number of nitrogens with one attached hydrogen (secondary N) is 1. The molecule has 0 bridgehead atoms. The molecule has 0 amide bonds. The average molecular weight is 246 g/mol. The van der Waals surface area contributed by atoms with Gasteiger partial charge < -0.3 is 25.2 Å². The number of aliphatic carboxylic acids is 1. The molecular weight excluding hydrogens is 234 g/mol. The average Bonchev–Trinajstić information content (AvgIpc) is 2.79. The Morgan fingerprint density at radius 2 is 2.00 bits per heavy atom. The van der Waals surface area contributed by atoms with Gasteiger partial charge in [-0.15, -0.1) is 5.10 Å². The third-order valence-corrected chi connectivity index (χ3v) is 2.60. The predicted molar refractivity (Wildman–Crippen MR) is 48.3 cm³/mol. The Kier molecular flexibility index (Phi) is 3.07. The minimum Gasteiger partial charge on any atom is -0.479 e. The van der Waals surface area contributed by atoms with Gasteiger partial charge in [0.05, 0.1) is 0 Å². The minimum atomic E-state index is -1.69. The quantitative estimate of drug-likeness (QED) is 0.345. The lowest BCUT2D eigenvalue weighted by molar-refractivity contribution is -0.777. The van der Waals surface area contributed by atoms with Gasteiger partial charge in [-0.25, -0.2) is 9.36 Å². The molecule has 0 radical (unpaired) electrons. The maximum absolute atomic E-state index is 10.8. The van der Waals surface area contributed by atoms with Gasteiger partial charge in [0.2, 0.25) is 12.6 Å². The number of carboxylic acid groups (broad SMARTS) is 1. The summed E-state index contributed by atoms with van der Waals surface area (Å²) < 4.78 is 6.29. The molecule has 1 aromatic rings. The second-order valence-corrected chi connectivity index (χ2v) is 3.71. The van der Waals surface area contributed by atoms with Crippen LogP contribution in [0.5, 0.6) is 0 Å². The van der Waals surface area contributed by atoms with E-state index in [0.29, 0.717) is 0 Å². The molecule has 1 aromatic heterocycles. The van der Waals surface area contributed by atoms with Crippen molar-refractivity contribution in [2.75, 3.05) is 0 Å². The Morgan fingerprint density at radius 3 is 2.53 bits per heavy atom. The zero-order valence-electron chi connectivity index (χ0n) is 8.54. The minimum absolute atomic E-state index is 1.13. The summed E-state index contributed by atoms with van der Waals surface area (Å²) in [6, 6.07) is 0. The fraction of sp³-hybridized carbons (Fsp3) is 0.625. The fourth-order valence-corrected chi connectivity index (χ4v) is 1.68. The first kappa shape index (κ1) is 11.9. The van der Waals surface area contributed by atoms with Crippen molar-refractivity contribution in [3.05, 3.63) is 12.7 Å². The Balaban J connectivity index is 2.26. The van der Waals surface area contributed by atoms with Gasteiger partial charge >= 0.3 is 5.97 Å².